The molecule has 0 spiro atoms. The first-order valence-electron chi connectivity index (χ1n) is 13.6. The zero-order chi connectivity index (χ0) is 25.5. The second-order valence-electron chi connectivity index (χ2n) is 11.4. The molecule has 1 aliphatic heterocycles. The molecule has 0 radical (unpaired) electrons. The lowest BCUT2D eigenvalue weighted by Gasteiger charge is -2.35. The number of anilines is 1. The highest BCUT2D eigenvalue weighted by atomic mass is 35.5. The lowest BCUT2D eigenvalue weighted by Crippen LogP contribution is -2.41. The summed E-state index contributed by atoms with van der Waals surface area (Å²) in [6.45, 7) is 9.03. The van der Waals surface area contributed by atoms with Gasteiger partial charge in [-0.15, -0.1) is 0 Å². The lowest BCUT2D eigenvalue weighted by atomic mass is 9.83. The Labute approximate surface area is 221 Å². The van der Waals surface area contributed by atoms with E-state index >= 15 is 0 Å². The van der Waals surface area contributed by atoms with Crippen LogP contribution in [0.15, 0.2) is 30.5 Å². The number of halogens is 1. The Morgan fingerprint density at radius 3 is 2.72 bits per heavy atom. The van der Waals surface area contributed by atoms with Crippen molar-refractivity contribution in [3.63, 3.8) is 0 Å². The maximum Gasteiger partial charge on any atom is 0.126 e. The Bertz CT molecular complexity index is 977. The summed E-state index contributed by atoms with van der Waals surface area (Å²) < 4.78 is 11.1. The van der Waals surface area contributed by atoms with Crippen molar-refractivity contribution in [3.8, 4) is 11.3 Å². The monoisotopic (exact) mass is 514 g/mol. The van der Waals surface area contributed by atoms with Gasteiger partial charge in [-0.05, 0) is 95.8 Å². The molecule has 6 nitrogen and oxygen atoms in total. The average Bonchev–Trinajstić information content (AvgIpc) is 2.85. The fourth-order valence-corrected chi connectivity index (χ4v) is 5.98. The SMILES string of the molecule is COC[C@H](C)NC1CCC(Cc2cc(-c3cccc(NC[C@@H]4CCOC(C)(C)C4)n3)c(Cl)cn2)CC1. The summed E-state index contributed by atoms with van der Waals surface area (Å²) in [5.41, 5.74) is 2.91. The maximum absolute atomic E-state index is 6.59. The van der Waals surface area contributed by atoms with E-state index in [0.717, 1.165) is 61.8 Å². The highest BCUT2D eigenvalue weighted by molar-refractivity contribution is 6.33. The average molecular weight is 515 g/mol. The van der Waals surface area contributed by atoms with Gasteiger partial charge in [0.05, 0.1) is 22.9 Å². The van der Waals surface area contributed by atoms with Crippen molar-refractivity contribution < 1.29 is 9.47 Å². The molecule has 3 heterocycles. The predicted molar refractivity (Wildman–Crippen MR) is 148 cm³/mol. The molecular formula is C29H43ClN4O2. The first-order valence-corrected chi connectivity index (χ1v) is 13.9. The topological polar surface area (TPSA) is 68.3 Å². The van der Waals surface area contributed by atoms with Gasteiger partial charge in [0.25, 0.3) is 0 Å². The molecule has 0 bridgehead atoms. The quantitative estimate of drug-likeness (QED) is 0.397. The van der Waals surface area contributed by atoms with E-state index in [1.54, 1.807) is 13.3 Å². The van der Waals surface area contributed by atoms with Gasteiger partial charge in [-0.3, -0.25) is 4.98 Å². The summed E-state index contributed by atoms with van der Waals surface area (Å²) in [4.78, 5) is 9.56. The van der Waals surface area contributed by atoms with E-state index in [1.807, 2.05) is 18.2 Å². The first-order chi connectivity index (χ1) is 17.3. The molecule has 2 aromatic rings. The minimum atomic E-state index is -0.0426. The molecule has 0 amide bonds. The van der Waals surface area contributed by atoms with Gasteiger partial charge in [-0.25, -0.2) is 4.98 Å². The van der Waals surface area contributed by atoms with Gasteiger partial charge >= 0.3 is 0 Å². The van der Waals surface area contributed by atoms with E-state index in [2.05, 4.69) is 42.5 Å². The highest BCUT2D eigenvalue weighted by Gasteiger charge is 2.28. The Balaban J connectivity index is 1.34. The Kier molecular flexibility index (Phi) is 9.62. The molecule has 2 atom stereocenters. The smallest absolute Gasteiger partial charge is 0.126 e. The summed E-state index contributed by atoms with van der Waals surface area (Å²) in [5.74, 6) is 2.13. The van der Waals surface area contributed by atoms with Crippen molar-refractivity contribution in [2.45, 2.75) is 83.4 Å². The van der Waals surface area contributed by atoms with Gasteiger partial charge in [0.15, 0.2) is 0 Å². The molecule has 4 rings (SSSR count). The second kappa shape index (κ2) is 12.7. The summed E-state index contributed by atoms with van der Waals surface area (Å²) in [5, 5.41) is 7.90. The van der Waals surface area contributed by atoms with Gasteiger partial charge in [0, 0.05) is 49.8 Å². The van der Waals surface area contributed by atoms with Gasteiger partial charge in [0.1, 0.15) is 5.82 Å². The van der Waals surface area contributed by atoms with Gasteiger partial charge in [0.2, 0.25) is 0 Å². The van der Waals surface area contributed by atoms with Gasteiger partial charge in [-0.1, -0.05) is 17.7 Å². The molecule has 198 valence electrons. The molecule has 1 saturated heterocycles. The van der Waals surface area contributed by atoms with Crippen LogP contribution in [-0.4, -0.2) is 54.5 Å². The molecule has 2 N–H and O–H groups in total. The molecular weight excluding hydrogens is 472 g/mol. The zero-order valence-electron chi connectivity index (χ0n) is 22.4. The largest absolute Gasteiger partial charge is 0.383 e. The third-order valence-corrected chi connectivity index (χ3v) is 7.89. The van der Waals surface area contributed by atoms with Crippen LogP contribution >= 0.6 is 11.6 Å². The van der Waals surface area contributed by atoms with Crippen LogP contribution in [0.1, 0.15) is 65.0 Å². The van der Waals surface area contributed by atoms with Crippen LogP contribution in [0, 0.1) is 11.8 Å². The molecule has 1 saturated carbocycles. The first kappa shape index (κ1) is 27.3. The minimum absolute atomic E-state index is 0.0426. The maximum atomic E-state index is 6.59. The molecule has 0 aromatic carbocycles. The second-order valence-corrected chi connectivity index (χ2v) is 11.8. The van der Waals surface area contributed by atoms with Crippen molar-refractivity contribution in [1.29, 1.82) is 0 Å². The molecule has 36 heavy (non-hydrogen) atoms. The Morgan fingerprint density at radius 1 is 1.17 bits per heavy atom. The number of nitrogens with zero attached hydrogens (tertiary/aromatic N) is 2. The number of methoxy groups -OCH3 is 1. The van der Waals surface area contributed by atoms with Crippen molar-refractivity contribution in [1.82, 2.24) is 15.3 Å². The summed E-state index contributed by atoms with van der Waals surface area (Å²) in [6.07, 6.45) is 9.77. The van der Waals surface area contributed by atoms with E-state index in [4.69, 9.17) is 26.1 Å². The van der Waals surface area contributed by atoms with Gasteiger partial charge < -0.3 is 20.1 Å². The normalized spacial score (nSPS) is 24.9. The van der Waals surface area contributed by atoms with Crippen molar-refractivity contribution in [3.05, 3.63) is 41.2 Å². The van der Waals surface area contributed by atoms with Crippen LogP contribution in [0.25, 0.3) is 11.3 Å². The molecule has 7 heteroatoms. The van der Waals surface area contributed by atoms with Crippen LogP contribution < -0.4 is 10.6 Å². The summed E-state index contributed by atoms with van der Waals surface area (Å²) in [7, 11) is 1.76. The van der Waals surface area contributed by atoms with Crippen molar-refractivity contribution in [2.24, 2.45) is 11.8 Å². The number of hydrogen-bond donors (Lipinski definition) is 2. The third-order valence-electron chi connectivity index (χ3n) is 7.59. The number of nitrogens with one attached hydrogen (secondary N) is 2. The minimum Gasteiger partial charge on any atom is -0.383 e. The summed E-state index contributed by atoms with van der Waals surface area (Å²) >= 11 is 6.59. The van der Waals surface area contributed by atoms with Crippen LogP contribution in [-0.2, 0) is 15.9 Å². The fourth-order valence-electron chi connectivity index (χ4n) is 5.78. The molecule has 2 aromatic heterocycles. The standard InChI is InChI=1S/C29H43ClN4O2/c1-20(19-35-4)33-23-10-8-21(9-11-23)14-24-15-25(26(30)18-31-24)27-6-5-7-28(34-27)32-17-22-12-13-36-29(2,3)16-22/h5-7,15,18,20-23,33H,8-14,16-17,19H2,1-4H3,(H,32,34)/t20-,21?,22+,23?/m0/s1. The van der Waals surface area contributed by atoms with E-state index < -0.39 is 0 Å². The number of rotatable bonds is 10. The third kappa shape index (κ3) is 7.88. The molecule has 2 fully saturated rings. The Hall–Kier alpha value is -1.73. The van der Waals surface area contributed by atoms with Gasteiger partial charge in [-0.2, -0.15) is 0 Å². The molecule has 2 aliphatic rings. The zero-order valence-corrected chi connectivity index (χ0v) is 23.1. The van der Waals surface area contributed by atoms with E-state index in [1.165, 1.54) is 25.7 Å². The molecule has 1 aliphatic carbocycles. The number of ether oxygens (including phenoxy) is 2. The van der Waals surface area contributed by atoms with E-state index in [9.17, 15) is 0 Å². The van der Waals surface area contributed by atoms with E-state index in [0.29, 0.717) is 28.9 Å². The number of aromatic nitrogens is 2. The summed E-state index contributed by atoms with van der Waals surface area (Å²) in [6, 6.07) is 9.24. The van der Waals surface area contributed by atoms with Crippen LogP contribution in [0.4, 0.5) is 5.82 Å². The number of hydrogen-bond acceptors (Lipinski definition) is 6. The Morgan fingerprint density at radius 2 is 1.97 bits per heavy atom. The van der Waals surface area contributed by atoms with Crippen LogP contribution in [0.2, 0.25) is 5.02 Å². The number of pyridine rings is 2. The van der Waals surface area contributed by atoms with Crippen molar-refractivity contribution in [2.75, 3.05) is 32.2 Å². The van der Waals surface area contributed by atoms with Crippen LogP contribution in [0.3, 0.4) is 0 Å². The highest BCUT2D eigenvalue weighted by Crippen LogP contribution is 2.32. The fraction of sp³-hybridized carbons (Fsp3) is 0.655. The van der Waals surface area contributed by atoms with Crippen LogP contribution in [0.5, 0.6) is 0 Å². The lowest BCUT2D eigenvalue weighted by molar-refractivity contribution is -0.0699. The van der Waals surface area contributed by atoms with Crippen molar-refractivity contribution >= 4 is 17.4 Å². The molecule has 0 unspecified atom stereocenters. The van der Waals surface area contributed by atoms with E-state index in [-0.39, 0.29) is 5.60 Å². The predicted octanol–water partition coefficient (Wildman–Crippen LogP) is 6.14.